The molecule has 0 radical (unpaired) electrons. The van der Waals surface area contributed by atoms with E-state index in [2.05, 4.69) is 17.7 Å². The summed E-state index contributed by atoms with van der Waals surface area (Å²) in [6.45, 7) is 12.0. The van der Waals surface area contributed by atoms with Crippen molar-refractivity contribution in [2.24, 2.45) is 7.05 Å². The van der Waals surface area contributed by atoms with Gasteiger partial charge in [0.05, 0.1) is 16.9 Å². The van der Waals surface area contributed by atoms with Crippen molar-refractivity contribution in [1.82, 2.24) is 14.3 Å². The van der Waals surface area contributed by atoms with Gasteiger partial charge in [0.25, 0.3) is 5.56 Å². The first kappa shape index (κ1) is 21.3. The molecule has 0 spiro atoms. The van der Waals surface area contributed by atoms with E-state index in [1.807, 2.05) is 47.7 Å². The van der Waals surface area contributed by atoms with Gasteiger partial charge in [0.15, 0.2) is 0 Å². The fraction of sp³-hybridized carbons (Fsp3) is 0.636. The van der Waals surface area contributed by atoms with Gasteiger partial charge in [0, 0.05) is 29.4 Å². The van der Waals surface area contributed by atoms with Gasteiger partial charge in [-0.2, -0.15) is 0 Å². The van der Waals surface area contributed by atoms with Crippen molar-refractivity contribution < 1.29 is 4.55 Å². The number of rotatable bonds is 4. The summed E-state index contributed by atoms with van der Waals surface area (Å²) in [5.41, 5.74) is 2.63. The summed E-state index contributed by atoms with van der Waals surface area (Å²) >= 11 is -1.20. The third-order valence-corrected chi connectivity index (χ3v) is 7.59. The average Bonchev–Trinajstić information content (AvgIpc) is 3.04. The summed E-state index contributed by atoms with van der Waals surface area (Å²) in [5.74, 6) is 0.872. The molecule has 3 rings (SSSR count). The molecule has 1 aliphatic rings. The van der Waals surface area contributed by atoms with E-state index in [0.717, 1.165) is 35.3 Å². The molecular formula is C22H33N3O2S. The topological polar surface area (TPSA) is 70.0 Å². The maximum atomic E-state index is 13.2. The van der Waals surface area contributed by atoms with Gasteiger partial charge in [-0.15, -0.1) is 4.72 Å². The molecule has 0 saturated heterocycles. The molecular weight excluding hydrogens is 370 g/mol. The normalized spacial score (nSPS) is 19.1. The Morgan fingerprint density at radius 3 is 2.46 bits per heavy atom. The van der Waals surface area contributed by atoms with E-state index in [1.54, 1.807) is 4.57 Å². The minimum atomic E-state index is -1.20. The zero-order valence-electron chi connectivity index (χ0n) is 18.2. The molecule has 1 aromatic carbocycles. The summed E-state index contributed by atoms with van der Waals surface area (Å²) in [4.78, 5) is 18.2. The van der Waals surface area contributed by atoms with E-state index in [-0.39, 0.29) is 21.8 Å². The Balaban J connectivity index is 2.18. The van der Waals surface area contributed by atoms with Crippen molar-refractivity contribution in [3.05, 3.63) is 39.4 Å². The van der Waals surface area contributed by atoms with E-state index in [9.17, 15) is 9.35 Å². The number of fused-ring (bicyclic) bond motifs is 1. The smallest absolute Gasteiger partial charge is 0.261 e. The van der Waals surface area contributed by atoms with Crippen LogP contribution in [0.15, 0.2) is 16.9 Å². The number of hydrogen-bond donors (Lipinski definition) is 1. The predicted molar refractivity (Wildman–Crippen MR) is 117 cm³/mol. The Hall–Kier alpha value is -1.37. The summed E-state index contributed by atoms with van der Waals surface area (Å²) < 4.78 is 17.2. The SMILES string of the molecule is Cc1cc([C@@H](C)N[S+]([O-])C(C)(C)C)c2nc(C3(C)CCCC3)n(C)c(=O)c2c1. The monoisotopic (exact) mass is 403 g/mol. The maximum Gasteiger partial charge on any atom is 0.261 e. The predicted octanol–water partition coefficient (Wildman–Crippen LogP) is 4.19. The average molecular weight is 404 g/mol. The molecule has 2 aromatic rings. The molecule has 0 aliphatic heterocycles. The summed E-state index contributed by atoms with van der Waals surface area (Å²) in [6, 6.07) is 3.81. The zero-order chi connectivity index (χ0) is 20.9. The largest absolute Gasteiger partial charge is 0.598 e. The lowest BCUT2D eigenvalue weighted by Gasteiger charge is -2.28. The first-order valence-corrected chi connectivity index (χ1v) is 11.3. The van der Waals surface area contributed by atoms with Crippen LogP contribution in [0.4, 0.5) is 0 Å². The lowest BCUT2D eigenvalue weighted by molar-refractivity contribution is 0.435. The van der Waals surface area contributed by atoms with Crippen molar-refractivity contribution in [1.29, 1.82) is 0 Å². The first-order valence-electron chi connectivity index (χ1n) is 10.1. The summed E-state index contributed by atoms with van der Waals surface area (Å²) in [7, 11) is 1.84. The van der Waals surface area contributed by atoms with Crippen LogP contribution in [0.3, 0.4) is 0 Å². The van der Waals surface area contributed by atoms with E-state index >= 15 is 0 Å². The van der Waals surface area contributed by atoms with Crippen LogP contribution >= 0.6 is 0 Å². The van der Waals surface area contributed by atoms with Crippen molar-refractivity contribution in [3.8, 4) is 0 Å². The fourth-order valence-electron chi connectivity index (χ4n) is 4.20. The number of nitrogens with one attached hydrogen (secondary N) is 1. The Kier molecular flexibility index (Phi) is 5.69. The summed E-state index contributed by atoms with van der Waals surface area (Å²) in [6.07, 6.45) is 4.46. The lowest BCUT2D eigenvalue weighted by Crippen LogP contribution is -2.40. The molecule has 5 nitrogen and oxygen atoms in total. The van der Waals surface area contributed by atoms with Crippen LogP contribution in [0.1, 0.15) is 83.3 Å². The van der Waals surface area contributed by atoms with Gasteiger partial charge in [-0.3, -0.25) is 9.36 Å². The second-order valence-electron chi connectivity index (χ2n) is 9.54. The van der Waals surface area contributed by atoms with E-state index in [1.165, 1.54) is 12.8 Å². The second kappa shape index (κ2) is 7.47. The zero-order valence-corrected chi connectivity index (χ0v) is 19.0. The minimum Gasteiger partial charge on any atom is -0.598 e. The second-order valence-corrected chi connectivity index (χ2v) is 11.5. The highest BCUT2D eigenvalue weighted by molar-refractivity contribution is 7.90. The number of nitrogens with zero attached hydrogens (tertiary/aromatic N) is 2. The van der Waals surface area contributed by atoms with Crippen LogP contribution < -0.4 is 10.3 Å². The number of benzene rings is 1. The van der Waals surface area contributed by atoms with Gasteiger partial charge in [-0.05, 0) is 59.1 Å². The number of aryl methyl sites for hydroxylation is 1. The lowest BCUT2D eigenvalue weighted by atomic mass is 9.87. The molecule has 1 N–H and O–H groups in total. The number of aromatic nitrogens is 2. The van der Waals surface area contributed by atoms with Crippen LogP contribution in [-0.2, 0) is 23.8 Å². The molecule has 1 saturated carbocycles. The Labute approximate surface area is 171 Å². The molecule has 1 aromatic heterocycles. The van der Waals surface area contributed by atoms with Crippen LogP contribution in [0.2, 0.25) is 0 Å². The van der Waals surface area contributed by atoms with Crippen LogP contribution in [0, 0.1) is 6.92 Å². The minimum absolute atomic E-state index is 0.00205. The Morgan fingerprint density at radius 1 is 1.29 bits per heavy atom. The third kappa shape index (κ3) is 3.87. The van der Waals surface area contributed by atoms with Crippen molar-refractivity contribution in [2.75, 3.05) is 0 Å². The fourth-order valence-corrected chi connectivity index (χ4v) is 5.00. The van der Waals surface area contributed by atoms with Gasteiger partial charge in [-0.25, -0.2) is 4.98 Å². The van der Waals surface area contributed by atoms with Gasteiger partial charge < -0.3 is 4.55 Å². The van der Waals surface area contributed by atoms with Crippen molar-refractivity contribution >= 4 is 22.3 Å². The first-order chi connectivity index (χ1) is 12.9. The van der Waals surface area contributed by atoms with Crippen LogP contribution in [-0.4, -0.2) is 18.9 Å². The van der Waals surface area contributed by atoms with Gasteiger partial charge in [0.2, 0.25) is 0 Å². The van der Waals surface area contributed by atoms with Gasteiger partial charge in [-0.1, -0.05) is 25.8 Å². The molecule has 0 amide bonds. The number of hydrogen-bond acceptors (Lipinski definition) is 4. The highest BCUT2D eigenvalue weighted by Gasteiger charge is 2.35. The molecule has 2 atom stereocenters. The van der Waals surface area contributed by atoms with E-state index in [0.29, 0.717) is 5.39 Å². The van der Waals surface area contributed by atoms with Crippen molar-refractivity contribution in [3.63, 3.8) is 0 Å². The Morgan fingerprint density at radius 2 is 1.89 bits per heavy atom. The quantitative estimate of drug-likeness (QED) is 0.777. The maximum absolute atomic E-state index is 13.2. The van der Waals surface area contributed by atoms with Crippen molar-refractivity contribution in [2.45, 2.75) is 83.4 Å². The highest BCUT2D eigenvalue weighted by atomic mass is 32.2. The molecule has 154 valence electrons. The van der Waals surface area contributed by atoms with Crippen LogP contribution in [0.25, 0.3) is 10.9 Å². The molecule has 1 fully saturated rings. The van der Waals surface area contributed by atoms with Crippen LogP contribution in [0.5, 0.6) is 0 Å². The standard InChI is InChI=1S/C22H33N3O2S/c1-14-12-16(15(2)24-28(27)21(3,4)5)18-17(13-14)19(26)25(7)20(23-18)22(6)10-8-9-11-22/h12-13,15,24H,8-11H2,1-7H3/t15-,28?/m1/s1. The van der Waals surface area contributed by atoms with Gasteiger partial charge >= 0.3 is 0 Å². The highest BCUT2D eigenvalue weighted by Crippen LogP contribution is 2.40. The molecule has 28 heavy (non-hydrogen) atoms. The van der Waals surface area contributed by atoms with Gasteiger partial charge in [0.1, 0.15) is 10.6 Å². The Bertz CT molecular complexity index is 939. The molecule has 1 aliphatic carbocycles. The summed E-state index contributed by atoms with van der Waals surface area (Å²) in [5, 5.41) is 0.637. The molecule has 1 heterocycles. The third-order valence-electron chi connectivity index (χ3n) is 5.91. The molecule has 1 unspecified atom stereocenters. The van der Waals surface area contributed by atoms with E-state index in [4.69, 9.17) is 4.98 Å². The van der Waals surface area contributed by atoms with E-state index < -0.39 is 11.4 Å². The molecule has 6 heteroatoms. The molecule has 0 bridgehead atoms.